The molecule has 6 heteroatoms. The van der Waals surface area contributed by atoms with Crippen molar-refractivity contribution in [2.24, 2.45) is 28.6 Å². The van der Waals surface area contributed by atoms with Crippen LogP contribution in [-0.4, -0.2) is 41.1 Å². The molecule has 0 radical (unpaired) electrons. The van der Waals surface area contributed by atoms with E-state index in [9.17, 15) is 19.5 Å². The molecule has 0 bridgehead atoms. The standard InChI is InChI=1S/C25H36O6/c1-15(26)30-14-22(28)25(29)12-9-21-19-6-5-17-13-18(31-16(2)27)7-10-23(17,3)20(19)8-11-24(21,25)4/h5,18-21,29H,6-14H2,1-4H3/t18-,19-,20+,21-,23-,24-,25+/m0/s1. The predicted octanol–water partition coefficient (Wildman–Crippen LogP) is 3.74. The third-order valence-corrected chi connectivity index (χ3v) is 9.41. The number of ketones is 1. The first-order valence-electron chi connectivity index (χ1n) is 11.8. The molecule has 6 nitrogen and oxygen atoms in total. The van der Waals surface area contributed by atoms with Crippen LogP contribution in [0.2, 0.25) is 0 Å². The average Bonchev–Trinajstić information content (AvgIpc) is 2.98. The second-order valence-electron chi connectivity index (χ2n) is 10.8. The summed E-state index contributed by atoms with van der Waals surface area (Å²) in [6.45, 7) is 6.86. The van der Waals surface area contributed by atoms with Crippen molar-refractivity contribution < 1.29 is 29.0 Å². The molecule has 7 atom stereocenters. The Labute approximate surface area is 184 Å². The number of allylic oxidation sites excluding steroid dienone is 1. The summed E-state index contributed by atoms with van der Waals surface area (Å²) in [7, 11) is 0. The number of rotatable bonds is 4. The molecule has 0 aromatic heterocycles. The van der Waals surface area contributed by atoms with Gasteiger partial charge >= 0.3 is 11.9 Å². The lowest BCUT2D eigenvalue weighted by Gasteiger charge is -2.58. The highest BCUT2D eigenvalue weighted by Gasteiger charge is 2.66. The summed E-state index contributed by atoms with van der Waals surface area (Å²) in [6, 6.07) is 0. The third-order valence-electron chi connectivity index (χ3n) is 9.41. The Hall–Kier alpha value is -1.69. The topological polar surface area (TPSA) is 89.9 Å². The van der Waals surface area contributed by atoms with Gasteiger partial charge in [-0.25, -0.2) is 0 Å². The van der Waals surface area contributed by atoms with Gasteiger partial charge in [-0.3, -0.25) is 14.4 Å². The van der Waals surface area contributed by atoms with Gasteiger partial charge < -0.3 is 14.6 Å². The molecule has 0 aromatic rings. The number of hydrogen-bond donors (Lipinski definition) is 1. The molecule has 1 N–H and O–H groups in total. The molecule has 3 saturated carbocycles. The highest BCUT2D eigenvalue weighted by atomic mass is 16.5. The molecular weight excluding hydrogens is 396 g/mol. The number of fused-ring (bicyclic) bond motifs is 5. The van der Waals surface area contributed by atoms with Crippen molar-refractivity contribution in [1.82, 2.24) is 0 Å². The number of carbonyl (C=O) groups is 3. The van der Waals surface area contributed by atoms with Crippen LogP contribution in [0, 0.1) is 28.6 Å². The Morgan fingerprint density at radius 1 is 1.03 bits per heavy atom. The Morgan fingerprint density at radius 3 is 2.42 bits per heavy atom. The number of carbonyl (C=O) groups excluding carboxylic acids is 3. The Bertz CT molecular complexity index is 817. The fourth-order valence-electron chi connectivity index (χ4n) is 7.72. The monoisotopic (exact) mass is 432 g/mol. The number of hydrogen-bond acceptors (Lipinski definition) is 6. The second kappa shape index (κ2) is 7.72. The summed E-state index contributed by atoms with van der Waals surface area (Å²) >= 11 is 0. The quantitative estimate of drug-likeness (QED) is 0.538. The van der Waals surface area contributed by atoms with E-state index in [4.69, 9.17) is 9.47 Å². The van der Waals surface area contributed by atoms with Crippen molar-refractivity contribution in [3.05, 3.63) is 11.6 Å². The van der Waals surface area contributed by atoms with E-state index in [1.54, 1.807) is 0 Å². The highest BCUT2D eigenvalue weighted by Crippen LogP contribution is 2.67. The maximum Gasteiger partial charge on any atom is 0.303 e. The number of aliphatic hydroxyl groups is 1. The predicted molar refractivity (Wildman–Crippen MR) is 114 cm³/mol. The maximum atomic E-state index is 12.9. The number of ether oxygens (including phenoxy) is 2. The Balaban J connectivity index is 1.56. The SMILES string of the molecule is CC(=O)OCC(=O)[C@]1(O)CC[C@H]2[C@H]3CC=C4C[C@@H](OC(C)=O)CC[C@]4(C)[C@@H]3CC[C@@]21C. The number of esters is 2. The zero-order valence-electron chi connectivity index (χ0n) is 19.2. The molecule has 4 aliphatic rings. The molecule has 0 spiro atoms. The molecular formula is C25H36O6. The summed E-state index contributed by atoms with van der Waals surface area (Å²) in [6.07, 6.45) is 9.08. The van der Waals surface area contributed by atoms with E-state index in [1.165, 1.54) is 19.4 Å². The minimum absolute atomic E-state index is 0.0160. The lowest BCUT2D eigenvalue weighted by Crippen LogP contribution is -2.58. The minimum Gasteiger partial charge on any atom is -0.462 e. The molecule has 0 saturated heterocycles. The molecule has 31 heavy (non-hydrogen) atoms. The maximum absolute atomic E-state index is 12.9. The number of Topliss-reactive ketones (excluding diaryl/α,β-unsaturated/α-hetero) is 1. The molecule has 172 valence electrons. The lowest BCUT2D eigenvalue weighted by atomic mass is 9.46. The van der Waals surface area contributed by atoms with E-state index < -0.39 is 17.0 Å². The van der Waals surface area contributed by atoms with Crippen LogP contribution in [0.4, 0.5) is 0 Å². The van der Waals surface area contributed by atoms with Crippen LogP contribution >= 0.6 is 0 Å². The summed E-state index contributed by atoms with van der Waals surface area (Å²) in [5, 5.41) is 11.5. The van der Waals surface area contributed by atoms with Crippen LogP contribution in [0.15, 0.2) is 11.6 Å². The Morgan fingerprint density at radius 2 is 1.74 bits per heavy atom. The third kappa shape index (κ3) is 3.46. The molecule has 3 fully saturated rings. The van der Waals surface area contributed by atoms with Gasteiger partial charge in [-0.2, -0.15) is 0 Å². The first kappa shape index (κ1) is 22.5. The van der Waals surface area contributed by atoms with Gasteiger partial charge in [-0.05, 0) is 68.1 Å². The van der Waals surface area contributed by atoms with Gasteiger partial charge in [0.05, 0.1) is 0 Å². The zero-order chi connectivity index (χ0) is 22.6. The van der Waals surface area contributed by atoms with Gasteiger partial charge in [0.2, 0.25) is 5.78 Å². The Kier molecular flexibility index (Phi) is 5.60. The van der Waals surface area contributed by atoms with Crippen LogP contribution in [-0.2, 0) is 23.9 Å². The highest BCUT2D eigenvalue weighted by molar-refractivity contribution is 5.90. The van der Waals surface area contributed by atoms with Crippen molar-refractivity contribution in [2.75, 3.05) is 6.61 Å². The lowest BCUT2D eigenvalue weighted by molar-refractivity contribution is -0.169. The van der Waals surface area contributed by atoms with Crippen molar-refractivity contribution in [2.45, 2.75) is 90.8 Å². The molecule has 0 unspecified atom stereocenters. The van der Waals surface area contributed by atoms with E-state index in [-0.39, 0.29) is 35.8 Å². The van der Waals surface area contributed by atoms with Crippen LogP contribution < -0.4 is 0 Å². The fraction of sp³-hybridized carbons (Fsp3) is 0.800. The first-order chi connectivity index (χ1) is 14.5. The zero-order valence-corrected chi connectivity index (χ0v) is 19.2. The average molecular weight is 433 g/mol. The second-order valence-corrected chi connectivity index (χ2v) is 10.8. The van der Waals surface area contributed by atoms with Crippen LogP contribution in [0.25, 0.3) is 0 Å². The van der Waals surface area contributed by atoms with E-state index in [0.717, 1.165) is 44.9 Å². The van der Waals surface area contributed by atoms with Crippen molar-refractivity contribution >= 4 is 17.7 Å². The van der Waals surface area contributed by atoms with Crippen LogP contribution in [0.1, 0.15) is 79.1 Å². The van der Waals surface area contributed by atoms with Crippen molar-refractivity contribution in [3.63, 3.8) is 0 Å². The van der Waals surface area contributed by atoms with Crippen LogP contribution in [0.5, 0.6) is 0 Å². The molecule has 4 rings (SSSR count). The van der Waals surface area contributed by atoms with E-state index in [0.29, 0.717) is 18.3 Å². The smallest absolute Gasteiger partial charge is 0.303 e. The van der Waals surface area contributed by atoms with Gasteiger partial charge in [-0.15, -0.1) is 0 Å². The van der Waals surface area contributed by atoms with Crippen LogP contribution in [0.3, 0.4) is 0 Å². The normalized spacial score (nSPS) is 43.7. The van der Waals surface area contributed by atoms with Gasteiger partial charge in [0.15, 0.2) is 6.61 Å². The fourth-order valence-corrected chi connectivity index (χ4v) is 7.72. The van der Waals surface area contributed by atoms with E-state index in [1.807, 2.05) is 0 Å². The van der Waals surface area contributed by atoms with Gasteiger partial charge in [0, 0.05) is 25.7 Å². The first-order valence-corrected chi connectivity index (χ1v) is 11.8. The van der Waals surface area contributed by atoms with Gasteiger partial charge in [0.25, 0.3) is 0 Å². The van der Waals surface area contributed by atoms with E-state index >= 15 is 0 Å². The largest absolute Gasteiger partial charge is 0.462 e. The van der Waals surface area contributed by atoms with Gasteiger partial charge in [0.1, 0.15) is 11.7 Å². The molecule has 0 aliphatic heterocycles. The summed E-state index contributed by atoms with van der Waals surface area (Å²) in [5.74, 6) is 0.176. The van der Waals surface area contributed by atoms with Crippen molar-refractivity contribution in [3.8, 4) is 0 Å². The van der Waals surface area contributed by atoms with Gasteiger partial charge in [-0.1, -0.05) is 25.5 Å². The molecule has 4 aliphatic carbocycles. The minimum atomic E-state index is -1.42. The summed E-state index contributed by atoms with van der Waals surface area (Å²) < 4.78 is 10.5. The molecule has 0 aromatic carbocycles. The molecule has 0 heterocycles. The summed E-state index contributed by atoms with van der Waals surface area (Å²) in [5.41, 5.74) is -0.379. The summed E-state index contributed by atoms with van der Waals surface area (Å²) in [4.78, 5) is 35.5. The molecule has 0 amide bonds. The van der Waals surface area contributed by atoms with E-state index in [2.05, 4.69) is 19.9 Å². The van der Waals surface area contributed by atoms with Crippen molar-refractivity contribution in [1.29, 1.82) is 0 Å².